The minimum Gasteiger partial charge on any atom is -0.394 e. The van der Waals surface area contributed by atoms with Gasteiger partial charge in [-0.15, -0.1) is 11.3 Å². The average molecular weight is 376 g/mol. The SMILES string of the molecule is CN(Cc1ccccc1)C1C(CNC(=O)c2cccs2)OC(CO)C1O. The normalized spacial score (nSPS) is 25.5. The van der Waals surface area contributed by atoms with Crippen molar-refractivity contribution >= 4 is 17.2 Å². The summed E-state index contributed by atoms with van der Waals surface area (Å²) in [6.07, 6.45) is -1.88. The Hall–Kier alpha value is -1.77. The fraction of sp³-hybridized carbons (Fsp3) is 0.421. The molecule has 140 valence electrons. The molecule has 1 fully saturated rings. The van der Waals surface area contributed by atoms with Crippen LogP contribution in [-0.4, -0.2) is 65.6 Å². The molecular formula is C19H24N2O4S. The molecule has 3 rings (SSSR count). The van der Waals surface area contributed by atoms with E-state index in [1.54, 1.807) is 6.07 Å². The van der Waals surface area contributed by atoms with Crippen molar-refractivity contribution in [1.29, 1.82) is 0 Å². The first kappa shape index (κ1) is 19.0. The first-order valence-electron chi connectivity index (χ1n) is 8.60. The van der Waals surface area contributed by atoms with Crippen molar-refractivity contribution < 1.29 is 19.7 Å². The Bertz CT molecular complexity index is 695. The molecule has 6 nitrogen and oxygen atoms in total. The minimum atomic E-state index is -0.822. The van der Waals surface area contributed by atoms with Crippen molar-refractivity contribution in [3.63, 3.8) is 0 Å². The van der Waals surface area contributed by atoms with Crippen LogP contribution >= 0.6 is 11.3 Å². The average Bonchev–Trinajstić information content (AvgIpc) is 3.28. The van der Waals surface area contributed by atoms with E-state index in [4.69, 9.17) is 4.74 Å². The fourth-order valence-corrected chi connectivity index (χ4v) is 3.99. The van der Waals surface area contributed by atoms with Gasteiger partial charge in [-0.05, 0) is 24.1 Å². The molecule has 0 spiro atoms. The van der Waals surface area contributed by atoms with Crippen LogP contribution in [0.3, 0.4) is 0 Å². The first-order chi connectivity index (χ1) is 12.6. The Morgan fingerprint density at radius 2 is 2.00 bits per heavy atom. The molecule has 2 aromatic rings. The maximum atomic E-state index is 12.2. The summed E-state index contributed by atoms with van der Waals surface area (Å²) in [7, 11) is 1.91. The van der Waals surface area contributed by atoms with E-state index in [2.05, 4.69) is 5.32 Å². The van der Waals surface area contributed by atoms with Crippen LogP contribution in [0.1, 0.15) is 15.2 Å². The van der Waals surface area contributed by atoms with Crippen molar-refractivity contribution in [3.8, 4) is 0 Å². The molecule has 4 atom stereocenters. The van der Waals surface area contributed by atoms with Gasteiger partial charge in [-0.25, -0.2) is 0 Å². The van der Waals surface area contributed by atoms with Crippen LogP contribution in [0.25, 0.3) is 0 Å². The van der Waals surface area contributed by atoms with Crippen LogP contribution < -0.4 is 5.32 Å². The summed E-state index contributed by atoms with van der Waals surface area (Å²) in [5.41, 5.74) is 1.12. The highest BCUT2D eigenvalue weighted by atomic mass is 32.1. The summed E-state index contributed by atoms with van der Waals surface area (Å²) in [4.78, 5) is 14.8. The van der Waals surface area contributed by atoms with Crippen LogP contribution in [0.5, 0.6) is 0 Å². The summed E-state index contributed by atoms with van der Waals surface area (Å²) >= 11 is 1.38. The molecule has 4 unspecified atom stereocenters. The van der Waals surface area contributed by atoms with Crippen LogP contribution in [-0.2, 0) is 11.3 Å². The third-order valence-corrected chi connectivity index (χ3v) is 5.50. The summed E-state index contributed by atoms with van der Waals surface area (Å²) in [5, 5.41) is 24.8. The van der Waals surface area contributed by atoms with Gasteiger partial charge in [-0.1, -0.05) is 36.4 Å². The van der Waals surface area contributed by atoms with Gasteiger partial charge in [0.1, 0.15) is 12.2 Å². The number of aliphatic hydroxyl groups excluding tert-OH is 2. The van der Waals surface area contributed by atoms with E-state index >= 15 is 0 Å². The molecule has 2 heterocycles. The maximum absolute atomic E-state index is 12.2. The number of hydrogen-bond donors (Lipinski definition) is 3. The van der Waals surface area contributed by atoms with Crippen molar-refractivity contribution in [1.82, 2.24) is 10.2 Å². The van der Waals surface area contributed by atoms with E-state index in [1.165, 1.54) is 11.3 Å². The number of nitrogens with zero attached hydrogens (tertiary/aromatic N) is 1. The molecule has 0 aliphatic carbocycles. The number of benzene rings is 1. The number of aliphatic hydroxyl groups is 2. The van der Waals surface area contributed by atoms with Crippen LogP contribution in [0.2, 0.25) is 0 Å². The number of carbonyl (C=O) groups is 1. The highest BCUT2D eigenvalue weighted by Crippen LogP contribution is 2.26. The van der Waals surface area contributed by atoms with E-state index in [0.717, 1.165) is 5.56 Å². The number of hydrogen-bond acceptors (Lipinski definition) is 6. The molecule has 0 radical (unpaired) electrons. The van der Waals surface area contributed by atoms with Crippen LogP contribution in [0.4, 0.5) is 0 Å². The van der Waals surface area contributed by atoms with Gasteiger partial charge in [0, 0.05) is 13.1 Å². The van der Waals surface area contributed by atoms with Crippen LogP contribution in [0, 0.1) is 0 Å². The molecule has 1 aromatic heterocycles. The lowest BCUT2D eigenvalue weighted by Crippen LogP contribution is -2.49. The predicted octanol–water partition coefficient (Wildman–Crippen LogP) is 1.10. The lowest BCUT2D eigenvalue weighted by molar-refractivity contribution is -0.0209. The van der Waals surface area contributed by atoms with Gasteiger partial charge in [-0.3, -0.25) is 9.69 Å². The Morgan fingerprint density at radius 3 is 2.65 bits per heavy atom. The zero-order valence-corrected chi connectivity index (χ0v) is 15.4. The monoisotopic (exact) mass is 376 g/mol. The Balaban J connectivity index is 1.66. The second kappa shape index (κ2) is 8.75. The standard InChI is InChI=1S/C19H24N2O4S/c1-21(11-13-6-3-2-4-7-13)17-14(25-15(12-22)18(17)23)10-20-19(24)16-8-5-9-26-16/h2-9,14-15,17-18,22-23H,10-12H2,1H3,(H,20,24). The minimum absolute atomic E-state index is 0.157. The molecule has 3 N–H and O–H groups in total. The van der Waals surface area contributed by atoms with Gasteiger partial charge < -0.3 is 20.3 Å². The quantitative estimate of drug-likeness (QED) is 0.674. The summed E-state index contributed by atoms with van der Waals surface area (Å²) < 4.78 is 5.81. The fourth-order valence-electron chi connectivity index (χ4n) is 3.35. The molecule has 0 saturated carbocycles. The second-order valence-electron chi connectivity index (χ2n) is 6.46. The Morgan fingerprint density at radius 1 is 1.23 bits per heavy atom. The summed E-state index contributed by atoms with van der Waals surface area (Å²) in [5.74, 6) is -0.157. The first-order valence-corrected chi connectivity index (χ1v) is 9.48. The Labute approximate surface area is 157 Å². The predicted molar refractivity (Wildman–Crippen MR) is 100 cm³/mol. The van der Waals surface area contributed by atoms with E-state index in [9.17, 15) is 15.0 Å². The van der Waals surface area contributed by atoms with Gasteiger partial charge in [0.2, 0.25) is 0 Å². The zero-order valence-electron chi connectivity index (χ0n) is 14.6. The molecule has 0 bridgehead atoms. The molecule has 7 heteroatoms. The molecule has 1 aromatic carbocycles. The number of ether oxygens (including phenoxy) is 1. The Kier molecular flexibility index (Phi) is 6.39. The third kappa shape index (κ3) is 4.31. The van der Waals surface area contributed by atoms with Crippen LogP contribution in [0.15, 0.2) is 47.8 Å². The number of thiophene rings is 1. The van der Waals surface area contributed by atoms with Gasteiger partial charge in [-0.2, -0.15) is 0 Å². The molecule has 1 aliphatic rings. The summed E-state index contributed by atoms with van der Waals surface area (Å²) in [6, 6.07) is 13.2. The van der Waals surface area contributed by atoms with Crippen molar-refractivity contribution in [2.45, 2.75) is 30.9 Å². The van der Waals surface area contributed by atoms with E-state index < -0.39 is 18.3 Å². The lowest BCUT2D eigenvalue weighted by atomic mass is 10.0. The highest BCUT2D eigenvalue weighted by molar-refractivity contribution is 7.12. The number of amides is 1. The van der Waals surface area contributed by atoms with Crippen molar-refractivity contribution in [3.05, 3.63) is 58.3 Å². The van der Waals surface area contributed by atoms with E-state index in [0.29, 0.717) is 11.4 Å². The molecular weight excluding hydrogens is 352 g/mol. The van der Waals surface area contributed by atoms with Gasteiger partial charge in [0.25, 0.3) is 5.91 Å². The van der Waals surface area contributed by atoms with Gasteiger partial charge >= 0.3 is 0 Å². The molecule has 26 heavy (non-hydrogen) atoms. The second-order valence-corrected chi connectivity index (χ2v) is 7.41. The molecule has 1 aliphatic heterocycles. The zero-order chi connectivity index (χ0) is 18.5. The van der Waals surface area contributed by atoms with Gasteiger partial charge in [0.05, 0.1) is 23.6 Å². The highest BCUT2D eigenvalue weighted by Gasteiger charge is 2.45. The van der Waals surface area contributed by atoms with Crippen molar-refractivity contribution in [2.24, 2.45) is 0 Å². The van der Waals surface area contributed by atoms with Crippen molar-refractivity contribution in [2.75, 3.05) is 20.2 Å². The van der Waals surface area contributed by atoms with Gasteiger partial charge in [0.15, 0.2) is 0 Å². The van der Waals surface area contributed by atoms with E-state index in [-0.39, 0.29) is 25.1 Å². The smallest absolute Gasteiger partial charge is 0.261 e. The summed E-state index contributed by atoms with van der Waals surface area (Å²) in [6.45, 7) is 0.653. The molecule has 1 amide bonds. The molecule has 1 saturated heterocycles. The number of likely N-dealkylation sites (N-methyl/N-ethyl adjacent to an activating group) is 1. The number of nitrogens with one attached hydrogen (secondary N) is 1. The third-order valence-electron chi connectivity index (χ3n) is 4.63. The topological polar surface area (TPSA) is 82.0 Å². The maximum Gasteiger partial charge on any atom is 0.261 e. The van der Waals surface area contributed by atoms with E-state index in [1.807, 2.05) is 53.7 Å². The largest absolute Gasteiger partial charge is 0.394 e. The number of rotatable bonds is 7. The lowest BCUT2D eigenvalue weighted by Gasteiger charge is -2.30. The number of carbonyl (C=O) groups excluding carboxylic acids is 1.